The third-order valence-corrected chi connectivity index (χ3v) is 5.86. The smallest absolute Gasteiger partial charge is 0.254 e. The van der Waals surface area contributed by atoms with Crippen molar-refractivity contribution in [1.29, 1.82) is 0 Å². The van der Waals surface area contributed by atoms with E-state index < -0.39 is 0 Å². The molecule has 1 aromatic carbocycles. The second-order valence-electron chi connectivity index (χ2n) is 6.84. The van der Waals surface area contributed by atoms with E-state index in [1.807, 2.05) is 37.2 Å². The first-order valence-corrected chi connectivity index (χ1v) is 8.83. The highest BCUT2D eigenvalue weighted by Crippen LogP contribution is 2.52. The van der Waals surface area contributed by atoms with Gasteiger partial charge >= 0.3 is 0 Å². The fraction of sp³-hybridized carbons (Fsp3) is 0.389. The summed E-state index contributed by atoms with van der Waals surface area (Å²) >= 11 is 3.53. The Kier molecular flexibility index (Phi) is 3.60. The van der Waals surface area contributed by atoms with Gasteiger partial charge in [0.15, 0.2) is 0 Å². The molecule has 4 atom stereocenters. The van der Waals surface area contributed by atoms with Gasteiger partial charge in [-0.25, -0.2) is 0 Å². The summed E-state index contributed by atoms with van der Waals surface area (Å²) in [6.07, 6.45) is 6.68. The number of nitrogens with zero attached hydrogens (tertiary/aromatic N) is 3. The maximum atomic E-state index is 12.6. The second kappa shape index (κ2) is 5.55. The van der Waals surface area contributed by atoms with Crippen molar-refractivity contribution < 1.29 is 9.59 Å². The molecule has 0 N–H and O–H groups in total. The van der Waals surface area contributed by atoms with Crippen molar-refractivity contribution >= 4 is 39.6 Å². The van der Waals surface area contributed by atoms with E-state index in [9.17, 15) is 9.59 Å². The maximum absolute atomic E-state index is 12.6. The largest absolute Gasteiger partial charge is 0.377 e. The molecule has 0 radical (unpaired) electrons. The first-order valence-electron chi connectivity index (χ1n) is 8.04. The van der Waals surface area contributed by atoms with Crippen molar-refractivity contribution in [1.82, 2.24) is 5.01 Å². The zero-order valence-corrected chi connectivity index (χ0v) is 15.1. The fourth-order valence-electron chi connectivity index (χ4n) is 4.09. The number of halogens is 1. The predicted molar refractivity (Wildman–Crippen MR) is 95.6 cm³/mol. The lowest BCUT2D eigenvalue weighted by Crippen LogP contribution is -2.28. The van der Waals surface area contributed by atoms with E-state index in [1.165, 1.54) is 0 Å². The second-order valence-corrected chi connectivity index (χ2v) is 7.69. The molecule has 0 unspecified atom stereocenters. The number of amides is 2. The highest BCUT2D eigenvalue weighted by Gasteiger charge is 2.59. The number of fused-ring (bicyclic) bond motifs is 5. The Morgan fingerprint density at radius 3 is 2.33 bits per heavy atom. The molecule has 6 heteroatoms. The molecule has 2 amide bonds. The molecule has 24 heavy (non-hydrogen) atoms. The van der Waals surface area contributed by atoms with E-state index in [0.717, 1.165) is 27.2 Å². The molecule has 2 aliphatic carbocycles. The van der Waals surface area contributed by atoms with Crippen LogP contribution in [0.4, 0.5) is 5.69 Å². The summed E-state index contributed by atoms with van der Waals surface area (Å²) in [7, 11) is 3.94. The van der Waals surface area contributed by atoms with Crippen LogP contribution in [0.3, 0.4) is 0 Å². The van der Waals surface area contributed by atoms with E-state index in [0.29, 0.717) is 0 Å². The summed E-state index contributed by atoms with van der Waals surface area (Å²) in [6, 6.07) is 5.81. The van der Waals surface area contributed by atoms with Gasteiger partial charge in [0.2, 0.25) is 0 Å². The normalized spacial score (nSPS) is 30.7. The Morgan fingerprint density at radius 2 is 1.79 bits per heavy atom. The zero-order valence-electron chi connectivity index (χ0n) is 13.5. The number of anilines is 1. The van der Waals surface area contributed by atoms with E-state index in [1.54, 1.807) is 6.21 Å². The lowest BCUT2D eigenvalue weighted by atomic mass is 9.85. The summed E-state index contributed by atoms with van der Waals surface area (Å²) in [5.74, 6) is -0.278. The third kappa shape index (κ3) is 2.24. The number of hydrogen-bond donors (Lipinski definition) is 0. The van der Waals surface area contributed by atoms with Crippen LogP contribution in [0.1, 0.15) is 12.0 Å². The SMILES string of the molecule is CN(C)c1ccc(C=NN2C(=O)[C@@H]3[C@H](C2=O)[C@H]2C=C[C@H]3C2)cc1Br. The number of hydrazone groups is 1. The van der Waals surface area contributed by atoms with Crippen LogP contribution >= 0.6 is 15.9 Å². The average molecular weight is 388 g/mol. The van der Waals surface area contributed by atoms with Crippen molar-refractivity contribution in [2.75, 3.05) is 19.0 Å². The van der Waals surface area contributed by atoms with Crippen LogP contribution < -0.4 is 4.90 Å². The van der Waals surface area contributed by atoms with Gasteiger partial charge in [-0.1, -0.05) is 18.2 Å². The van der Waals surface area contributed by atoms with Gasteiger partial charge in [-0.3, -0.25) is 9.59 Å². The van der Waals surface area contributed by atoms with Crippen molar-refractivity contribution in [3.05, 3.63) is 40.4 Å². The Morgan fingerprint density at radius 1 is 1.17 bits per heavy atom. The van der Waals surface area contributed by atoms with E-state index in [4.69, 9.17) is 0 Å². The van der Waals surface area contributed by atoms with Gasteiger partial charge in [0.25, 0.3) is 11.8 Å². The molecule has 5 nitrogen and oxygen atoms in total. The van der Waals surface area contributed by atoms with Gasteiger partial charge in [-0.15, -0.1) is 0 Å². The van der Waals surface area contributed by atoms with E-state index in [2.05, 4.69) is 33.2 Å². The molecule has 1 aromatic rings. The third-order valence-electron chi connectivity index (χ3n) is 5.22. The minimum atomic E-state index is -0.201. The molecule has 2 fully saturated rings. The molecule has 1 saturated heterocycles. The number of carbonyl (C=O) groups is 2. The Bertz CT molecular complexity index is 756. The number of carbonyl (C=O) groups excluding carboxylic acids is 2. The van der Waals surface area contributed by atoms with Crippen LogP contribution in [0, 0.1) is 23.7 Å². The van der Waals surface area contributed by atoms with Crippen LogP contribution in [0.5, 0.6) is 0 Å². The van der Waals surface area contributed by atoms with E-state index >= 15 is 0 Å². The van der Waals surface area contributed by atoms with Crippen molar-refractivity contribution in [2.24, 2.45) is 28.8 Å². The number of hydrogen-bond acceptors (Lipinski definition) is 4. The maximum Gasteiger partial charge on any atom is 0.254 e. The first-order chi connectivity index (χ1) is 11.5. The quantitative estimate of drug-likeness (QED) is 0.455. The van der Waals surface area contributed by atoms with Gasteiger partial charge in [-0.2, -0.15) is 10.1 Å². The highest BCUT2D eigenvalue weighted by molar-refractivity contribution is 9.10. The van der Waals surface area contributed by atoms with Crippen molar-refractivity contribution in [3.63, 3.8) is 0 Å². The highest BCUT2D eigenvalue weighted by atomic mass is 79.9. The molecular weight excluding hydrogens is 370 g/mol. The average Bonchev–Trinajstić information content (AvgIpc) is 3.20. The molecular formula is C18H18BrN3O2. The standard InChI is InChI=1S/C18H18BrN3O2/c1-21(2)14-6-3-10(7-13(14)19)9-20-22-17(23)15-11-4-5-12(8-11)16(15)18(22)24/h3-7,9,11-12,15-16H,8H2,1-2H3/t11-,12-,15-,16+/m0/s1. The fourth-order valence-corrected chi connectivity index (χ4v) is 4.84. The molecule has 124 valence electrons. The Hall–Kier alpha value is -1.95. The molecule has 0 spiro atoms. The van der Waals surface area contributed by atoms with Crippen LogP contribution in [0.15, 0.2) is 39.9 Å². The van der Waals surface area contributed by atoms with Gasteiger partial charge < -0.3 is 4.90 Å². The zero-order chi connectivity index (χ0) is 17.0. The lowest BCUT2D eigenvalue weighted by molar-refractivity contribution is -0.140. The first kappa shape index (κ1) is 15.6. The summed E-state index contributed by atoms with van der Waals surface area (Å²) in [6.45, 7) is 0. The van der Waals surface area contributed by atoms with E-state index in [-0.39, 0.29) is 35.5 Å². The molecule has 0 aromatic heterocycles. The number of allylic oxidation sites excluding steroid dienone is 2. The molecule has 2 bridgehead atoms. The van der Waals surface area contributed by atoms with Crippen LogP contribution in [0.2, 0.25) is 0 Å². The van der Waals surface area contributed by atoms with Gasteiger partial charge in [-0.05, 0) is 51.9 Å². The van der Waals surface area contributed by atoms with Crippen LogP contribution in [-0.4, -0.2) is 37.1 Å². The molecule has 4 rings (SSSR count). The van der Waals surface area contributed by atoms with Crippen LogP contribution in [-0.2, 0) is 9.59 Å². The summed E-state index contributed by atoms with van der Waals surface area (Å²) in [4.78, 5) is 27.1. The number of rotatable bonds is 3. The summed E-state index contributed by atoms with van der Waals surface area (Å²) in [5.41, 5.74) is 1.89. The molecule has 1 saturated carbocycles. The number of imide groups is 1. The van der Waals surface area contributed by atoms with Gasteiger partial charge in [0.1, 0.15) is 0 Å². The predicted octanol–water partition coefficient (Wildman–Crippen LogP) is 2.66. The molecule has 1 heterocycles. The minimum absolute atomic E-state index is 0.151. The van der Waals surface area contributed by atoms with Crippen molar-refractivity contribution in [3.8, 4) is 0 Å². The molecule has 3 aliphatic rings. The number of benzene rings is 1. The summed E-state index contributed by atoms with van der Waals surface area (Å²) < 4.78 is 0.939. The molecule has 1 aliphatic heterocycles. The Balaban J connectivity index is 1.56. The van der Waals surface area contributed by atoms with Crippen molar-refractivity contribution in [2.45, 2.75) is 6.42 Å². The van der Waals surface area contributed by atoms with Crippen LogP contribution in [0.25, 0.3) is 0 Å². The lowest BCUT2D eigenvalue weighted by Gasteiger charge is -2.15. The monoisotopic (exact) mass is 387 g/mol. The topological polar surface area (TPSA) is 53.0 Å². The van der Waals surface area contributed by atoms with Gasteiger partial charge in [0.05, 0.1) is 23.7 Å². The Labute approximate surface area is 149 Å². The minimum Gasteiger partial charge on any atom is -0.377 e. The summed E-state index contributed by atoms with van der Waals surface area (Å²) in [5, 5.41) is 5.28. The van der Waals surface area contributed by atoms with Gasteiger partial charge in [0, 0.05) is 18.6 Å².